The molecule has 3 unspecified atom stereocenters. The summed E-state index contributed by atoms with van der Waals surface area (Å²) < 4.78 is 0. The molecular formula is C13H23NO2. The first-order valence-corrected chi connectivity index (χ1v) is 6.79. The van der Waals surface area contributed by atoms with Crippen LogP contribution in [0.5, 0.6) is 0 Å². The molecule has 16 heavy (non-hydrogen) atoms. The summed E-state index contributed by atoms with van der Waals surface area (Å²) in [6.45, 7) is 2.95. The largest absolute Gasteiger partial charge is 0.393 e. The van der Waals surface area contributed by atoms with Gasteiger partial charge in [-0.2, -0.15) is 0 Å². The Bertz CT molecular complexity index is 263. The number of nitrogens with zero attached hydrogens (tertiary/aromatic N) is 1. The Hall–Kier alpha value is -0.120. The Labute approximate surface area is 97.4 Å². The van der Waals surface area contributed by atoms with Crippen LogP contribution < -0.4 is 0 Å². The Morgan fingerprint density at radius 1 is 1.12 bits per heavy atom. The van der Waals surface area contributed by atoms with E-state index in [0.717, 1.165) is 38.9 Å². The molecule has 92 valence electrons. The van der Waals surface area contributed by atoms with E-state index in [2.05, 4.69) is 4.90 Å². The number of fused-ring (bicyclic) bond motifs is 1. The van der Waals surface area contributed by atoms with Gasteiger partial charge in [-0.3, -0.25) is 4.90 Å². The van der Waals surface area contributed by atoms with Crippen LogP contribution >= 0.6 is 0 Å². The highest BCUT2D eigenvalue weighted by Crippen LogP contribution is 2.39. The standard InChI is InChI=1S/C13H23NO2/c15-12-4-3-10-7-14(8-11(10)12)9-13(16)5-1-2-6-13/h10-12,15-16H,1-9H2. The molecule has 2 aliphatic carbocycles. The second-order valence-corrected chi connectivity index (χ2v) is 6.19. The van der Waals surface area contributed by atoms with Gasteiger partial charge in [0.15, 0.2) is 0 Å². The molecule has 2 saturated carbocycles. The maximum atomic E-state index is 10.4. The number of hydrogen-bond acceptors (Lipinski definition) is 3. The zero-order valence-corrected chi connectivity index (χ0v) is 9.94. The average molecular weight is 225 g/mol. The van der Waals surface area contributed by atoms with Gasteiger partial charge >= 0.3 is 0 Å². The van der Waals surface area contributed by atoms with Crippen molar-refractivity contribution >= 4 is 0 Å². The first-order chi connectivity index (χ1) is 7.66. The number of β-amino-alcohol motifs (C(OH)–C–C–N with tert-alkyl or cyclic N) is 1. The molecule has 0 amide bonds. The van der Waals surface area contributed by atoms with Gasteiger partial charge in [-0.15, -0.1) is 0 Å². The van der Waals surface area contributed by atoms with Crippen LogP contribution in [-0.4, -0.2) is 46.5 Å². The maximum Gasteiger partial charge on any atom is 0.0774 e. The topological polar surface area (TPSA) is 43.7 Å². The van der Waals surface area contributed by atoms with Crippen molar-refractivity contribution in [2.24, 2.45) is 11.8 Å². The van der Waals surface area contributed by atoms with Crippen LogP contribution in [0.25, 0.3) is 0 Å². The molecule has 3 aliphatic rings. The van der Waals surface area contributed by atoms with Gasteiger partial charge in [0.25, 0.3) is 0 Å². The van der Waals surface area contributed by atoms with E-state index in [1.807, 2.05) is 0 Å². The fourth-order valence-corrected chi connectivity index (χ4v) is 4.07. The highest BCUT2D eigenvalue weighted by molar-refractivity contribution is 4.96. The van der Waals surface area contributed by atoms with E-state index >= 15 is 0 Å². The summed E-state index contributed by atoms with van der Waals surface area (Å²) in [5, 5.41) is 20.2. The molecule has 3 atom stereocenters. The molecule has 3 fully saturated rings. The Balaban J connectivity index is 1.58. The summed E-state index contributed by atoms with van der Waals surface area (Å²) in [5.74, 6) is 1.19. The van der Waals surface area contributed by atoms with E-state index in [-0.39, 0.29) is 6.10 Å². The van der Waals surface area contributed by atoms with Crippen molar-refractivity contribution in [2.75, 3.05) is 19.6 Å². The monoisotopic (exact) mass is 225 g/mol. The summed E-state index contributed by atoms with van der Waals surface area (Å²) in [6, 6.07) is 0. The van der Waals surface area contributed by atoms with Gasteiger partial charge in [0.05, 0.1) is 11.7 Å². The second kappa shape index (κ2) is 3.97. The predicted octanol–water partition coefficient (Wildman–Crippen LogP) is 0.994. The summed E-state index contributed by atoms with van der Waals surface area (Å²) in [7, 11) is 0. The van der Waals surface area contributed by atoms with Crippen molar-refractivity contribution in [3.05, 3.63) is 0 Å². The van der Waals surface area contributed by atoms with E-state index in [0.29, 0.717) is 11.8 Å². The molecule has 0 aromatic rings. The van der Waals surface area contributed by atoms with Gasteiger partial charge in [0.1, 0.15) is 0 Å². The van der Waals surface area contributed by atoms with Crippen LogP contribution in [0.15, 0.2) is 0 Å². The summed E-state index contributed by atoms with van der Waals surface area (Å²) in [5.41, 5.74) is -0.413. The van der Waals surface area contributed by atoms with Crippen LogP contribution in [0.3, 0.4) is 0 Å². The predicted molar refractivity (Wildman–Crippen MR) is 62.1 cm³/mol. The molecular weight excluding hydrogens is 202 g/mol. The first kappa shape index (κ1) is 11.0. The molecule has 3 heteroatoms. The summed E-state index contributed by atoms with van der Waals surface area (Å²) in [4.78, 5) is 2.39. The number of rotatable bonds is 2. The first-order valence-electron chi connectivity index (χ1n) is 6.79. The zero-order chi connectivity index (χ0) is 11.2. The quantitative estimate of drug-likeness (QED) is 0.736. The van der Waals surface area contributed by atoms with Crippen LogP contribution in [0.4, 0.5) is 0 Å². The molecule has 0 aromatic heterocycles. The summed E-state index contributed by atoms with van der Waals surface area (Å²) >= 11 is 0. The highest BCUT2D eigenvalue weighted by Gasteiger charge is 2.44. The lowest BCUT2D eigenvalue weighted by Crippen LogP contribution is -2.40. The van der Waals surface area contributed by atoms with E-state index in [1.54, 1.807) is 0 Å². The minimum atomic E-state index is -0.413. The van der Waals surface area contributed by atoms with Gasteiger partial charge in [-0.25, -0.2) is 0 Å². The number of likely N-dealkylation sites (tertiary alicyclic amines) is 1. The van der Waals surface area contributed by atoms with Crippen LogP contribution in [-0.2, 0) is 0 Å². The van der Waals surface area contributed by atoms with Gasteiger partial charge in [-0.1, -0.05) is 12.8 Å². The van der Waals surface area contributed by atoms with Crippen molar-refractivity contribution in [1.82, 2.24) is 4.90 Å². The lowest BCUT2D eigenvalue weighted by atomic mass is 10.00. The molecule has 3 nitrogen and oxygen atoms in total. The molecule has 2 N–H and O–H groups in total. The number of hydrogen-bond donors (Lipinski definition) is 2. The van der Waals surface area contributed by atoms with Gasteiger partial charge in [0.2, 0.25) is 0 Å². The molecule has 0 spiro atoms. The van der Waals surface area contributed by atoms with E-state index in [1.165, 1.54) is 19.3 Å². The Morgan fingerprint density at radius 3 is 2.56 bits per heavy atom. The fourth-order valence-electron chi connectivity index (χ4n) is 4.07. The minimum Gasteiger partial charge on any atom is -0.393 e. The van der Waals surface area contributed by atoms with E-state index in [4.69, 9.17) is 0 Å². The Kier molecular flexibility index (Phi) is 2.73. The van der Waals surface area contributed by atoms with E-state index < -0.39 is 5.60 Å². The Morgan fingerprint density at radius 2 is 1.88 bits per heavy atom. The SMILES string of the molecule is OC1CCC2CN(CC3(O)CCCC3)CC12. The molecule has 1 aliphatic heterocycles. The van der Waals surface area contributed by atoms with Gasteiger partial charge < -0.3 is 10.2 Å². The van der Waals surface area contributed by atoms with Gasteiger partial charge in [-0.05, 0) is 31.6 Å². The average Bonchev–Trinajstić information content (AvgIpc) is 2.88. The van der Waals surface area contributed by atoms with E-state index in [9.17, 15) is 10.2 Å². The van der Waals surface area contributed by atoms with Crippen LogP contribution in [0.1, 0.15) is 38.5 Å². The normalized spacial score (nSPS) is 42.8. The van der Waals surface area contributed by atoms with Crippen LogP contribution in [0, 0.1) is 11.8 Å². The van der Waals surface area contributed by atoms with Crippen molar-refractivity contribution in [3.63, 3.8) is 0 Å². The second-order valence-electron chi connectivity index (χ2n) is 6.19. The zero-order valence-electron chi connectivity index (χ0n) is 9.94. The molecule has 1 saturated heterocycles. The summed E-state index contributed by atoms with van der Waals surface area (Å²) in [6.07, 6.45) is 6.41. The van der Waals surface area contributed by atoms with Gasteiger partial charge in [0, 0.05) is 25.6 Å². The molecule has 0 aromatic carbocycles. The molecule has 1 heterocycles. The minimum absolute atomic E-state index is 0.0757. The van der Waals surface area contributed by atoms with Crippen molar-refractivity contribution < 1.29 is 10.2 Å². The highest BCUT2D eigenvalue weighted by atomic mass is 16.3. The molecule has 0 bridgehead atoms. The third-order valence-electron chi connectivity index (χ3n) is 4.95. The maximum absolute atomic E-state index is 10.4. The number of aliphatic hydroxyl groups is 2. The van der Waals surface area contributed by atoms with Crippen molar-refractivity contribution in [1.29, 1.82) is 0 Å². The molecule has 3 rings (SSSR count). The lowest BCUT2D eigenvalue weighted by molar-refractivity contribution is 0.0114. The van der Waals surface area contributed by atoms with Crippen molar-refractivity contribution in [3.8, 4) is 0 Å². The number of aliphatic hydroxyl groups excluding tert-OH is 1. The molecule has 0 radical (unpaired) electrons. The third kappa shape index (κ3) is 1.89. The fraction of sp³-hybridized carbons (Fsp3) is 1.00. The third-order valence-corrected chi connectivity index (χ3v) is 4.95. The van der Waals surface area contributed by atoms with Crippen molar-refractivity contribution in [2.45, 2.75) is 50.2 Å². The smallest absolute Gasteiger partial charge is 0.0774 e. The lowest BCUT2D eigenvalue weighted by Gasteiger charge is -2.29. The van der Waals surface area contributed by atoms with Crippen LogP contribution in [0.2, 0.25) is 0 Å².